The van der Waals surface area contributed by atoms with E-state index in [-0.39, 0.29) is 25.1 Å². The van der Waals surface area contributed by atoms with Crippen LogP contribution in [0.3, 0.4) is 0 Å². The molecular weight excluding hydrogens is 399 g/mol. The Hall–Kier alpha value is -3.05. The summed E-state index contributed by atoms with van der Waals surface area (Å²) in [5, 5.41) is 25.0. The van der Waals surface area contributed by atoms with Gasteiger partial charge in [0.15, 0.2) is 0 Å². The van der Waals surface area contributed by atoms with Gasteiger partial charge in [-0.25, -0.2) is 9.59 Å². The van der Waals surface area contributed by atoms with Gasteiger partial charge in [0.1, 0.15) is 17.3 Å². The zero-order chi connectivity index (χ0) is 22.4. The average molecular weight is 421 g/mol. The number of carboxylic acids is 1. The monoisotopic (exact) mass is 421 g/mol. The maximum atomic E-state index is 12.7. The summed E-state index contributed by atoms with van der Waals surface area (Å²) in [5.74, 6) is -1.30. The van der Waals surface area contributed by atoms with Crippen LogP contribution in [0.2, 0.25) is 0 Å². The van der Waals surface area contributed by atoms with Gasteiger partial charge in [-0.3, -0.25) is 10.1 Å². The topological polar surface area (TPSA) is 131 Å². The van der Waals surface area contributed by atoms with E-state index in [1.54, 1.807) is 20.8 Å². The number of rotatable bonds is 8. The minimum Gasteiger partial charge on any atom is -0.480 e. The summed E-state index contributed by atoms with van der Waals surface area (Å²) in [6.07, 6.45) is -5.50. The number of carbonyl (C=O) groups excluding carboxylic acids is 1. The Labute approximate surface area is 164 Å². The Morgan fingerprint density at radius 1 is 1.28 bits per heavy atom. The molecule has 0 bridgehead atoms. The molecule has 0 saturated carbocycles. The van der Waals surface area contributed by atoms with E-state index in [4.69, 9.17) is 4.74 Å². The van der Waals surface area contributed by atoms with E-state index >= 15 is 0 Å². The van der Waals surface area contributed by atoms with Crippen molar-refractivity contribution in [1.82, 2.24) is 5.32 Å². The van der Waals surface area contributed by atoms with Crippen molar-refractivity contribution in [2.45, 2.75) is 51.4 Å². The minimum absolute atomic E-state index is 0.0317. The van der Waals surface area contributed by atoms with Crippen LogP contribution in [0.15, 0.2) is 18.2 Å². The molecule has 0 spiro atoms. The number of nitro groups is 1. The first-order valence-electron chi connectivity index (χ1n) is 8.52. The van der Waals surface area contributed by atoms with Crippen LogP contribution in [0.4, 0.5) is 29.3 Å². The highest BCUT2D eigenvalue weighted by Gasteiger charge is 2.33. The third-order valence-corrected chi connectivity index (χ3v) is 3.50. The number of aliphatic carboxylic acids is 1. The molecule has 1 aromatic carbocycles. The molecule has 162 valence electrons. The molecule has 9 nitrogen and oxygen atoms in total. The smallest absolute Gasteiger partial charge is 0.416 e. The average Bonchev–Trinajstić information content (AvgIpc) is 2.54. The molecule has 0 fully saturated rings. The van der Waals surface area contributed by atoms with Crippen molar-refractivity contribution in [2.75, 3.05) is 11.9 Å². The fraction of sp³-hybridized carbons (Fsp3) is 0.529. The molecule has 29 heavy (non-hydrogen) atoms. The largest absolute Gasteiger partial charge is 0.480 e. The SMILES string of the molecule is CC(C)(C)OC(=O)N[C@@H](CCCNc1ccc(C(F)(F)F)cc1[N+](=O)[O-])C(=O)O. The summed E-state index contributed by atoms with van der Waals surface area (Å²) in [5.41, 5.74) is -2.84. The Balaban J connectivity index is 2.68. The summed E-state index contributed by atoms with van der Waals surface area (Å²) >= 11 is 0. The maximum Gasteiger partial charge on any atom is 0.416 e. The molecule has 12 heteroatoms. The highest BCUT2D eigenvalue weighted by Crippen LogP contribution is 2.34. The van der Waals surface area contributed by atoms with Gasteiger partial charge in [-0.2, -0.15) is 13.2 Å². The summed E-state index contributed by atoms with van der Waals surface area (Å²) in [6.45, 7) is 4.88. The number of hydrogen-bond acceptors (Lipinski definition) is 6. The first-order valence-corrected chi connectivity index (χ1v) is 8.52. The van der Waals surface area contributed by atoms with Crippen LogP contribution < -0.4 is 10.6 Å². The molecule has 1 amide bonds. The molecule has 3 N–H and O–H groups in total. The van der Waals surface area contributed by atoms with Gasteiger partial charge >= 0.3 is 18.2 Å². The zero-order valence-corrected chi connectivity index (χ0v) is 16.0. The van der Waals surface area contributed by atoms with Gasteiger partial charge in [-0.15, -0.1) is 0 Å². The van der Waals surface area contributed by atoms with Crippen molar-refractivity contribution in [2.24, 2.45) is 0 Å². The van der Waals surface area contributed by atoms with E-state index in [9.17, 15) is 38.0 Å². The van der Waals surface area contributed by atoms with Crippen molar-refractivity contribution in [3.8, 4) is 0 Å². The second-order valence-electron chi connectivity index (χ2n) is 7.09. The van der Waals surface area contributed by atoms with E-state index in [2.05, 4.69) is 10.6 Å². The fourth-order valence-electron chi connectivity index (χ4n) is 2.24. The lowest BCUT2D eigenvalue weighted by Gasteiger charge is -2.22. The second-order valence-corrected chi connectivity index (χ2v) is 7.09. The van der Waals surface area contributed by atoms with Gasteiger partial charge < -0.3 is 20.5 Å². The predicted molar refractivity (Wildman–Crippen MR) is 96.6 cm³/mol. The highest BCUT2D eigenvalue weighted by atomic mass is 19.4. The Morgan fingerprint density at radius 3 is 2.38 bits per heavy atom. The lowest BCUT2D eigenvalue weighted by atomic mass is 10.1. The van der Waals surface area contributed by atoms with Crippen LogP contribution in [0.5, 0.6) is 0 Å². The molecule has 0 aliphatic carbocycles. The van der Waals surface area contributed by atoms with Crippen molar-refractivity contribution in [3.63, 3.8) is 0 Å². The van der Waals surface area contributed by atoms with Gasteiger partial charge in [0.2, 0.25) is 0 Å². The van der Waals surface area contributed by atoms with E-state index in [0.717, 1.165) is 6.07 Å². The number of ether oxygens (including phenoxy) is 1. The number of anilines is 1. The molecule has 0 aromatic heterocycles. The van der Waals surface area contributed by atoms with Crippen molar-refractivity contribution in [1.29, 1.82) is 0 Å². The Kier molecular flexibility index (Phi) is 7.80. The summed E-state index contributed by atoms with van der Waals surface area (Å²) < 4.78 is 43.1. The number of alkyl halides is 3. The first-order chi connectivity index (χ1) is 13.2. The number of hydrogen-bond donors (Lipinski definition) is 3. The summed E-state index contributed by atoms with van der Waals surface area (Å²) in [6, 6.07) is 0.815. The number of benzene rings is 1. The number of nitrogens with zero attached hydrogens (tertiary/aromatic N) is 1. The lowest BCUT2D eigenvalue weighted by molar-refractivity contribution is -0.384. The number of carbonyl (C=O) groups is 2. The molecule has 0 saturated heterocycles. The van der Waals surface area contributed by atoms with Crippen LogP contribution in [-0.4, -0.2) is 40.3 Å². The van der Waals surface area contributed by atoms with Crippen LogP contribution in [0.1, 0.15) is 39.2 Å². The molecule has 0 aliphatic rings. The number of carboxylic acid groups (broad SMARTS) is 1. The van der Waals surface area contributed by atoms with Crippen molar-refractivity contribution < 1.29 is 37.5 Å². The summed E-state index contributed by atoms with van der Waals surface area (Å²) in [7, 11) is 0. The Morgan fingerprint density at radius 2 is 1.90 bits per heavy atom. The van der Waals surface area contributed by atoms with Gasteiger partial charge in [-0.1, -0.05) is 0 Å². The molecule has 0 unspecified atom stereocenters. The molecule has 1 aromatic rings. The van der Waals surface area contributed by atoms with E-state index in [1.807, 2.05) is 0 Å². The van der Waals surface area contributed by atoms with E-state index < -0.39 is 46.1 Å². The van der Waals surface area contributed by atoms with Gasteiger partial charge in [-0.05, 0) is 45.7 Å². The van der Waals surface area contributed by atoms with Crippen LogP contribution in [0, 0.1) is 10.1 Å². The van der Waals surface area contributed by atoms with E-state index in [0.29, 0.717) is 12.1 Å². The summed E-state index contributed by atoms with van der Waals surface area (Å²) in [4.78, 5) is 33.0. The molecule has 0 radical (unpaired) electrons. The maximum absolute atomic E-state index is 12.7. The predicted octanol–water partition coefficient (Wildman–Crippen LogP) is 3.78. The molecule has 0 heterocycles. The molecular formula is C17H22F3N3O6. The minimum atomic E-state index is -4.72. The van der Waals surface area contributed by atoms with Crippen LogP contribution in [0.25, 0.3) is 0 Å². The lowest BCUT2D eigenvalue weighted by Crippen LogP contribution is -2.43. The molecule has 1 rings (SSSR count). The van der Waals surface area contributed by atoms with Gasteiger partial charge in [0.05, 0.1) is 10.5 Å². The zero-order valence-electron chi connectivity index (χ0n) is 16.0. The third-order valence-electron chi connectivity index (χ3n) is 3.50. The molecule has 0 aliphatic heterocycles. The number of halogens is 3. The Bertz CT molecular complexity index is 762. The quantitative estimate of drug-likeness (QED) is 0.331. The number of nitrogens with one attached hydrogen (secondary N) is 2. The highest BCUT2D eigenvalue weighted by molar-refractivity contribution is 5.80. The first kappa shape index (κ1) is 24.0. The normalized spacial score (nSPS) is 12.8. The fourth-order valence-corrected chi connectivity index (χ4v) is 2.24. The van der Waals surface area contributed by atoms with Crippen LogP contribution >= 0.6 is 0 Å². The standard InChI is InChI=1S/C17H22F3N3O6/c1-16(2,3)29-15(26)22-12(14(24)25)5-4-8-21-11-7-6-10(17(18,19)20)9-13(11)23(27)28/h6-7,9,12,21H,4-5,8H2,1-3H3,(H,22,26)(H,24,25)/t12-/m0/s1. The van der Waals surface area contributed by atoms with Crippen molar-refractivity contribution >= 4 is 23.4 Å². The third kappa shape index (κ3) is 8.23. The molecule has 1 atom stereocenters. The number of amides is 1. The van der Waals surface area contributed by atoms with E-state index in [1.165, 1.54) is 0 Å². The van der Waals surface area contributed by atoms with Crippen LogP contribution in [-0.2, 0) is 15.7 Å². The van der Waals surface area contributed by atoms with Crippen molar-refractivity contribution in [3.05, 3.63) is 33.9 Å². The number of nitro benzene ring substituents is 1. The van der Waals surface area contributed by atoms with Gasteiger partial charge in [0, 0.05) is 12.6 Å². The second kappa shape index (κ2) is 9.43. The number of alkyl carbamates (subject to hydrolysis) is 1. The van der Waals surface area contributed by atoms with Gasteiger partial charge in [0.25, 0.3) is 5.69 Å².